The van der Waals surface area contributed by atoms with E-state index in [1.54, 1.807) is 6.07 Å². The minimum atomic E-state index is -0.492. The minimum Gasteiger partial charge on any atom is -0.444 e. The molecule has 0 aromatic heterocycles. The van der Waals surface area contributed by atoms with Gasteiger partial charge in [-0.2, -0.15) is 0 Å². The first-order valence-electron chi connectivity index (χ1n) is 5.34. The van der Waals surface area contributed by atoms with Crippen molar-refractivity contribution < 1.29 is 9.53 Å². The lowest BCUT2D eigenvalue weighted by Crippen LogP contribution is -2.35. The van der Waals surface area contributed by atoms with Crippen molar-refractivity contribution >= 4 is 23.4 Å². The van der Waals surface area contributed by atoms with E-state index in [1.165, 1.54) is 0 Å². The monoisotopic (exact) mass is 256 g/mol. The second kappa shape index (κ2) is 5.77. The number of para-hydroxylation sites is 1. The Kier molecular flexibility index (Phi) is 4.63. The van der Waals surface area contributed by atoms with Crippen LogP contribution in [0.2, 0.25) is 5.02 Å². The molecular weight excluding hydrogens is 240 g/mol. The van der Waals surface area contributed by atoms with E-state index in [4.69, 9.17) is 16.3 Å². The third-order valence-electron chi connectivity index (χ3n) is 1.78. The summed E-state index contributed by atoms with van der Waals surface area (Å²) in [6, 6.07) is 7.31. The fourth-order valence-corrected chi connectivity index (χ4v) is 1.33. The molecule has 0 spiro atoms. The second-order valence-corrected chi connectivity index (χ2v) is 4.92. The average Bonchev–Trinajstić information content (AvgIpc) is 2.18. The van der Waals surface area contributed by atoms with E-state index in [1.807, 2.05) is 39.0 Å². The molecule has 0 heterocycles. The van der Waals surface area contributed by atoms with Gasteiger partial charge >= 0.3 is 6.09 Å². The van der Waals surface area contributed by atoms with Crippen molar-refractivity contribution in [2.24, 2.45) is 0 Å². The topological polar surface area (TPSA) is 50.4 Å². The summed E-state index contributed by atoms with van der Waals surface area (Å²) in [4.78, 5) is 11.3. The number of ether oxygens (including phenoxy) is 1. The third kappa shape index (κ3) is 5.45. The van der Waals surface area contributed by atoms with Gasteiger partial charge in [-0.25, -0.2) is 4.79 Å². The molecule has 0 aliphatic carbocycles. The zero-order valence-corrected chi connectivity index (χ0v) is 11.0. The Labute approximate surface area is 106 Å². The SMILES string of the molecule is CC(C)(C)OC(=O)NCNc1ccccc1Cl. The van der Waals surface area contributed by atoms with Gasteiger partial charge in [0, 0.05) is 0 Å². The summed E-state index contributed by atoms with van der Waals surface area (Å²) in [5, 5.41) is 6.18. The summed E-state index contributed by atoms with van der Waals surface area (Å²) in [6.07, 6.45) is -0.461. The molecule has 0 radical (unpaired) electrons. The molecule has 94 valence electrons. The molecule has 0 atom stereocenters. The van der Waals surface area contributed by atoms with Gasteiger partial charge in [-0.1, -0.05) is 23.7 Å². The molecule has 1 aromatic carbocycles. The van der Waals surface area contributed by atoms with Gasteiger partial charge in [-0.3, -0.25) is 0 Å². The molecule has 1 aromatic rings. The standard InChI is InChI=1S/C12H17ClN2O2/c1-12(2,3)17-11(16)15-8-14-10-7-5-4-6-9(10)13/h4-7,14H,8H2,1-3H3,(H,15,16). The summed E-state index contributed by atoms with van der Waals surface area (Å²) in [6.45, 7) is 5.70. The Morgan fingerprint density at radius 2 is 2.00 bits per heavy atom. The number of hydrogen-bond donors (Lipinski definition) is 2. The van der Waals surface area contributed by atoms with Crippen LogP contribution in [0.4, 0.5) is 10.5 Å². The predicted octanol–water partition coefficient (Wildman–Crippen LogP) is 3.23. The van der Waals surface area contributed by atoms with Crippen LogP contribution in [0, 0.1) is 0 Å². The number of carbonyl (C=O) groups excluding carboxylic acids is 1. The number of halogens is 1. The first-order valence-corrected chi connectivity index (χ1v) is 5.71. The van der Waals surface area contributed by atoms with Gasteiger partial charge in [0.2, 0.25) is 0 Å². The van der Waals surface area contributed by atoms with Gasteiger partial charge in [0.25, 0.3) is 0 Å². The highest BCUT2D eigenvalue weighted by Crippen LogP contribution is 2.19. The molecule has 1 rings (SSSR count). The van der Waals surface area contributed by atoms with Crippen molar-refractivity contribution in [2.75, 3.05) is 12.0 Å². The van der Waals surface area contributed by atoms with E-state index >= 15 is 0 Å². The summed E-state index contributed by atoms with van der Waals surface area (Å²) in [7, 11) is 0. The smallest absolute Gasteiger partial charge is 0.409 e. The van der Waals surface area contributed by atoms with E-state index in [0.29, 0.717) is 5.02 Å². The van der Waals surface area contributed by atoms with Gasteiger partial charge in [0.05, 0.1) is 17.4 Å². The van der Waals surface area contributed by atoms with Crippen molar-refractivity contribution in [3.8, 4) is 0 Å². The van der Waals surface area contributed by atoms with Crippen LogP contribution in [0.1, 0.15) is 20.8 Å². The molecule has 4 nitrogen and oxygen atoms in total. The Balaban J connectivity index is 2.34. The highest BCUT2D eigenvalue weighted by molar-refractivity contribution is 6.33. The number of alkyl carbamates (subject to hydrolysis) is 1. The summed E-state index contributed by atoms with van der Waals surface area (Å²) < 4.78 is 5.08. The summed E-state index contributed by atoms with van der Waals surface area (Å²) in [5.74, 6) is 0. The van der Waals surface area contributed by atoms with Gasteiger partial charge in [-0.05, 0) is 32.9 Å². The number of carbonyl (C=O) groups is 1. The average molecular weight is 257 g/mol. The van der Waals surface area contributed by atoms with Crippen LogP contribution in [-0.2, 0) is 4.74 Å². The molecule has 0 fully saturated rings. The van der Waals surface area contributed by atoms with E-state index in [0.717, 1.165) is 5.69 Å². The van der Waals surface area contributed by atoms with E-state index < -0.39 is 11.7 Å². The zero-order chi connectivity index (χ0) is 12.9. The Bertz CT molecular complexity index is 388. The Hall–Kier alpha value is -1.42. The van der Waals surface area contributed by atoms with Gasteiger partial charge in [0.1, 0.15) is 5.60 Å². The predicted molar refractivity (Wildman–Crippen MR) is 69.3 cm³/mol. The number of amides is 1. The van der Waals surface area contributed by atoms with Crippen LogP contribution >= 0.6 is 11.6 Å². The van der Waals surface area contributed by atoms with Gasteiger partial charge < -0.3 is 15.4 Å². The van der Waals surface area contributed by atoms with Gasteiger partial charge in [0.15, 0.2) is 0 Å². The highest BCUT2D eigenvalue weighted by Gasteiger charge is 2.15. The molecule has 5 heteroatoms. The van der Waals surface area contributed by atoms with Crippen molar-refractivity contribution in [1.82, 2.24) is 5.32 Å². The molecule has 2 N–H and O–H groups in total. The number of benzene rings is 1. The summed E-state index contributed by atoms with van der Waals surface area (Å²) >= 11 is 5.94. The minimum absolute atomic E-state index is 0.263. The van der Waals surface area contributed by atoms with Crippen LogP contribution in [0.5, 0.6) is 0 Å². The zero-order valence-electron chi connectivity index (χ0n) is 10.2. The first-order chi connectivity index (χ1) is 7.88. The fourth-order valence-electron chi connectivity index (χ4n) is 1.13. The maximum atomic E-state index is 11.3. The van der Waals surface area contributed by atoms with Gasteiger partial charge in [-0.15, -0.1) is 0 Å². The molecular formula is C12H17ClN2O2. The van der Waals surface area contributed by atoms with Crippen LogP contribution < -0.4 is 10.6 Å². The Morgan fingerprint density at radius 1 is 1.35 bits per heavy atom. The number of hydrogen-bond acceptors (Lipinski definition) is 3. The maximum Gasteiger partial charge on any atom is 0.409 e. The Morgan fingerprint density at radius 3 is 2.59 bits per heavy atom. The van der Waals surface area contributed by atoms with Crippen LogP contribution in [-0.4, -0.2) is 18.4 Å². The molecule has 1 amide bonds. The molecule has 0 unspecified atom stereocenters. The van der Waals surface area contributed by atoms with E-state index in [2.05, 4.69) is 10.6 Å². The number of nitrogens with one attached hydrogen (secondary N) is 2. The third-order valence-corrected chi connectivity index (χ3v) is 2.11. The number of anilines is 1. The van der Waals surface area contributed by atoms with E-state index in [-0.39, 0.29) is 6.67 Å². The van der Waals surface area contributed by atoms with Crippen molar-refractivity contribution in [2.45, 2.75) is 26.4 Å². The van der Waals surface area contributed by atoms with Crippen LogP contribution in [0.15, 0.2) is 24.3 Å². The van der Waals surface area contributed by atoms with Crippen molar-refractivity contribution in [1.29, 1.82) is 0 Å². The van der Waals surface area contributed by atoms with Crippen molar-refractivity contribution in [3.05, 3.63) is 29.3 Å². The lowest BCUT2D eigenvalue weighted by Gasteiger charge is -2.20. The first kappa shape index (κ1) is 13.6. The highest BCUT2D eigenvalue weighted by atomic mass is 35.5. The molecule has 0 saturated heterocycles. The lowest BCUT2D eigenvalue weighted by molar-refractivity contribution is 0.0532. The molecule has 17 heavy (non-hydrogen) atoms. The maximum absolute atomic E-state index is 11.3. The molecule has 0 bridgehead atoms. The normalized spacial score (nSPS) is 10.8. The van der Waals surface area contributed by atoms with Crippen molar-refractivity contribution in [3.63, 3.8) is 0 Å². The van der Waals surface area contributed by atoms with Crippen LogP contribution in [0.25, 0.3) is 0 Å². The fraction of sp³-hybridized carbons (Fsp3) is 0.417. The second-order valence-electron chi connectivity index (χ2n) is 4.51. The molecule has 0 aliphatic heterocycles. The van der Waals surface area contributed by atoms with E-state index in [9.17, 15) is 4.79 Å². The molecule has 0 aliphatic rings. The number of rotatable bonds is 3. The lowest BCUT2D eigenvalue weighted by atomic mass is 10.2. The van der Waals surface area contributed by atoms with Crippen LogP contribution in [0.3, 0.4) is 0 Å². The molecule has 0 saturated carbocycles. The summed E-state index contributed by atoms with van der Waals surface area (Å²) in [5.41, 5.74) is 0.277. The quantitative estimate of drug-likeness (QED) is 0.817. The largest absolute Gasteiger partial charge is 0.444 e.